The summed E-state index contributed by atoms with van der Waals surface area (Å²) in [6.07, 6.45) is 1.58. The number of furan rings is 1. The van der Waals surface area contributed by atoms with Crippen LogP contribution in [-0.2, 0) is 0 Å². The number of imidazole rings is 1. The molecule has 2 N–H and O–H groups in total. The fourth-order valence-corrected chi connectivity index (χ4v) is 3.01. The van der Waals surface area contributed by atoms with Crippen molar-refractivity contribution in [2.75, 3.05) is 0 Å². The van der Waals surface area contributed by atoms with E-state index in [0.717, 1.165) is 16.6 Å². The van der Waals surface area contributed by atoms with Crippen LogP contribution in [0.4, 0.5) is 0 Å². The lowest BCUT2D eigenvalue weighted by molar-refractivity contribution is 0.0697. The molecular formula is C22H15N3O3. The Labute approximate surface area is 160 Å². The van der Waals surface area contributed by atoms with Gasteiger partial charge in [0, 0.05) is 11.6 Å². The number of rotatable bonds is 4. The standard InChI is InChI=1S/C22H15N3O3/c1-13-6-8-18-19(10-13)25-21(24-18)14(12-23)11-15-7-9-20(28-15)16-4-2-3-5-17(16)22(26)27/h2-11H,1H3,(H,24,25)(H,26,27)/b14-11+. The van der Waals surface area contributed by atoms with Gasteiger partial charge in [-0.2, -0.15) is 5.26 Å². The zero-order valence-corrected chi connectivity index (χ0v) is 14.9. The number of carboxylic acid groups (broad SMARTS) is 1. The Hall–Kier alpha value is -4.11. The van der Waals surface area contributed by atoms with Crippen LogP contribution in [0.15, 0.2) is 59.0 Å². The lowest BCUT2D eigenvalue weighted by atomic mass is 10.1. The molecule has 0 radical (unpaired) electrons. The smallest absolute Gasteiger partial charge is 0.336 e. The Kier molecular flexibility index (Phi) is 4.26. The number of H-pyrrole nitrogens is 1. The number of hydrogen-bond acceptors (Lipinski definition) is 4. The molecular weight excluding hydrogens is 354 g/mol. The number of aryl methyl sites for hydroxylation is 1. The van der Waals surface area contributed by atoms with Crippen molar-refractivity contribution in [1.29, 1.82) is 5.26 Å². The molecule has 0 fully saturated rings. The minimum atomic E-state index is -1.03. The number of aromatic nitrogens is 2. The first-order chi connectivity index (χ1) is 13.5. The number of nitrogens with one attached hydrogen (secondary N) is 1. The maximum Gasteiger partial charge on any atom is 0.336 e. The zero-order chi connectivity index (χ0) is 19.7. The first-order valence-electron chi connectivity index (χ1n) is 8.56. The van der Waals surface area contributed by atoms with Gasteiger partial charge in [0.25, 0.3) is 0 Å². The van der Waals surface area contributed by atoms with E-state index in [9.17, 15) is 15.2 Å². The van der Waals surface area contributed by atoms with Crippen molar-refractivity contribution in [1.82, 2.24) is 9.97 Å². The van der Waals surface area contributed by atoms with Gasteiger partial charge >= 0.3 is 5.97 Å². The number of carboxylic acids is 1. The van der Waals surface area contributed by atoms with E-state index < -0.39 is 5.97 Å². The van der Waals surface area contributed by atoms with Crippen LogP contribution in [-0.4, -0.2) is 21.0 Å². The summed E-state index contributed by atoms with van der Waals surface area (Å²) in [6.45, 7) is 1.99. The van der Waals surface area contributed by atoms with E-state index >= 15 is 0 Å². The quantitative estimate of drug-likeness (QED) is 0.498. The molecule has 6 nitrogen and oxygen atoms in total. The molecule has 0 saturated heterocycles. The van der Waals surface area contributed by atoms with Crippen LogP contribution in [0.1, 0.15) is 27.5 Å². The van der Waals surface area contributed by atoms with E-state index in [0.29, 0.717) is 28.5 Å². The van der Waals surface area contributed by atoms with Gasteiger partial charge in [-0.05, 0) is 42.8 Å². The van der Waals surface area contributed by atoms with Crippen LogP contribution in [0.3, 0.4) is 0 Å². The summed E-state index contributed by atoms with van der Waals surface area (Å²) < 4.78 is 5.78. The molecule has 4 rings (SSSR count). The number of aromatic carboxylic acids is 1. The maximum atomic E-state index is 11.4. The second-order valence-electron chi connectivity index (χ2n) is 6.33. The average Bonchev–Trinajstić information content (AvgIpc) is 3.32. The molecule has 136 valence electrons. The predicted octanol–water partition coefficient (Wildman–Crippen LogP) is 4.89. The molecule has 2 aromatic carbocycles. The van der Waals surface area contributed by atoms with E-state index in [1.807, 2.05) is 25.1 Å². The third-order valence-electron chi connectivity index (χ3n) is 4.35. The average molecular weight is 369 g/mol. The maximum absolute atomic E-state index is 11.4. The molecule has 0 bridgehead atoms. The number of nitrogens with zero attached hydrogens (tertiary/aromatic N) is 2. The molecule has 0 saturated carbocycles. The molecule has 6 heteroatoms. The van der Waals surface area contributed by atoms with E-state index in [2.05, 4.69) is 16.0 Å². The summed E-state index contributed by atoms with van der Waals surface area (Å²) in [5, 5.41) is 18.9. The first kappa shape index (κ1) is 17.3. The molecule has 28 heavy (non-hydrogen) atoms. The van der Waals surface area contributed by atoms with Crippen LogP contribution in [0.5, 0.6) is 0 Å². The monoisotopic (exact) mass is 369 g/mol. The minimum Gasteiger partial charge on any atom is -0.478 e. The Balaban J connectivity index is 1.72. The summed E-state index contributed by atoms with van der Waals surface area (Å²) in [5.41, 5.74) is 3.68. The highest BCUT2D eigenvalue weighted by atomic mass is 16.4. The highest BCUT2D eigenvalue weighted by Crippen LogP contribution is 2.28. The molecule has 0 spiro atoms. The van der Waals surface area contributed by atoms with Gasteiger partial charge in [-0.25, -0.2) is 9.78 Å². The number of aromatic amines is 1. The zero-order valence-electron chi connectivity index (χ0n) is 14.9. The highest BCUT2D eigenvalue weighted by molar-refractivity contribution is 5.95. The van der Waals surface area contributed by atoms with Crippen LogP contribution >= 0.6 is 0 Å². The van der Waals surface area contributed by atoms with Gasteiger partial charge < -0.3 is 14.5 Å². The summed E-state index contributed by atoms with van der Waals surface area (Å²) in [5.74, 6) is 0.275. The largest absolute Gasteiger partial charge is 0.478 e. The number of carbonyl (C=O) groups is 1. The summed E-state index contributed by atoms with van der Waals surface area (Å²) >= 11 is 0. The molecule has 0 aliphatic rings. The second-order valence-corrected chi connectivity index (χ2v) is 6.33. The number of hydrogen-bond donors (Lipinski definition) is 2. The highest BCUT2D eigenvalue weighted by Gasteiger charge is 2.14. The van der Waals surface area contributed by atoms with Crippen molar-refractivity contribution in [2.24, 2.45) is 0 Å². The Morgan fingerprint density at radius 3 is 2.82 bits per heavy atom. The molecule has 0 unspecified atom stereocenters. The van der Waals surface area contributed by atoms with E-state index in [4.69, 9.17) is 4.42 Å². The number of benzene rings is 2. The molecule has 4 aromatic rings. The van der Waals surface area contributed by atoms with Gasteiger partial charge in [-0.1, -0.05) is 24.3 Å². The number of allylic oxidation sites excluding steroid dienone is 1. The third kappa shape index (κ3) is 3.17. The van der Waals surface area contributed by atoms with Crippen molar-refractivity contribution in [2.45, 2.75) is 6.92 Å². The lowest BCUT2D eigenvalue weighted by Crippen LogP contribution is -1.98. The van der Waals surface area contributed by atoms with Gasteiger partial charge in [-0.15, -0.1) is 0 Å². The van der Waals surface area contributed by atoms with Gasteiger partial charge in [0.05, 0.1) is 22.2 Å². The van der Waals surface area contributed by atoms with E-state index in [1.54, 1.807) is 36.4 Å². The normalized spacial score (nSPS) is 11.5. The van der Waals surface area contributed by atoms with Crippen molar-refractivity contribution in [3.63, 3.8) is 0 Å². The van der Waals surface area contributed by atoms with Crippen LogP contribution in [0.25, 0.3) is 34.0 Å². The predicted molar refractivity (Wildman–Crippen MR) is 105 cm³/mol. The third-order valence-corrected chi connectivity index (χ3v) is 4.35. The van der Waals surface area contributed by atoms with Crippen molar-refractivity contribution >= 4 is 28.7 Å². The minimum absolute atomic E-state index is 0.153. The van der Waals surface area contributed by atoms with E-state index in [-0.39, 0.29) is 5.56 Å². The van der Waals surface area contributed by atoms with Crippen LogP contribution in [0.2, 0.25) is 0 Å². The van der Waals surface area contributed by atoms with E-state index in [1.165, 1.54) is 6.07 Å². The SMILES string of the molecule is Cc1ccc2nc(/C(C#N)=C/c3ccc(-c4ccccc4C(=O)O)o3)[nH]c2c1. The molecule has 0 aliphatic carbocycles. The van der Waals surface area contributed by atoms with Gasteiger partial charge in [0.1, 0.15) is 23.4 Å². The second kappa shape index (κ2) is 6.89. The molecule has 2 heterocycles. The Morgan fingerprint density at radius 2 is 2.04 bits per heavy atom. The fourth-order valence-electron chi connectivity index (χ4n) is 3.01. The summed E-state index contributed by atoms with van der Waals surface area (Å²) in [7, 11) is 0. The van der Waals surface area contributed by atoms with Crippen molar-refractivity contribution in [3.8, 4) is 17.4 Å². The van der Waals surface area contributed by atoms with Crippen LogP contribution < -0.4 is 0 Å². The van der Waals surface area contributed by atoms with Gasteiger partial charge in [-0.3, -0.25) is 0 Å². The number of nitriles is 1. The van der Waals surface area contributed by atoms with Crippen molar-refractivity contribution in [3.05, 3.63) is 77.3 Å². The number of fused-ring (bicyclic) bond motifs is 1. The summed E-state index contributed by atoms with van der Waals surface area (Å²) in [6, 6.07) is 17.9. The first-order valence-corrected chi connectivity index (χ1v) is 8.56. The van der Waals surface area contributed by atoms with Crippen molar-refractivity contribution < 1.29 is 14.3 Å². The Bertz CT molecular complexity index is 1270. The Morgan fingerprint density at radius 1 is 1.21 bits per heavy atom. The topological polar surface area (TPSA) is 103 Å². The fraction of sp³-hybridized carbons (Fsp3) is 0.0455. The molecule has 0 aliphatic heterocycles. The van der Waals surface area contributed by atoms with Crippen LogP contribution in [0, 0.1) is 18.3 Å². The van der Waals surface area contributed by atoms with Gasteiger partial charge in [0.15, 0.2) is 0 Å². The molecule has 0 amide bonds. The lowest BCUT2D eigenvalue weighted by Gasteiger charge is -2.02. The summed E-state index contributed by atoms with van der Waals surface area (Å²) in [4.78, 5) is 19.0. The molecule has 0 atom stereocenters. The van der Waals surface area contributed by atoms with Gasteiger partial charge in [0.2, 0.25) is 0 Å². The molecule has 2 aromatic heterocycles.